The predicted octanol–water partition coefficient (Wildman–Crippen LogP) is 4.01. The Morgan fingerprint density at radius 1 is 0.939 bits per heavy atom. The van der Waals surface area contributed by atoms with Crippen molar-refractivity contribution in [2.75, 3.05) is 12.3 Å². The molecule has 1 unspecified atom stereocenters. The number of nitrogens with two attached hydrogens (primary N) is 1. The Balaban J connectivity index is 1.40. The molecule has 0 spiro atoms. The van der Waals surface area contributed by atoms with Crippen molar-refractivity contribution in [1.82, 2.24) is 14.5 Å². The molecule has 4 rings (SSSR count). The molecule has 2 aromatic heterocycles. The van der Waals surface area contributed by atoms with E-state index in [4.69, 9.17) is 19.9 Å². The molecule has 0 fully saturated rings. The van der Waals surface area contributed by atoms with Crippen LogP contribution < -0.4 is 5.73 Å². The zero-order valence-corrected chi connectivity index (χ0v) is 18.1. The fraction of sp³-hybridized carbons (Fsp3) is 0.240. The molecule has 8 nitrogen and oxygen atoms in total. The van der Waals surface area contributed by atoms with Crippen molar-refractivity contribution >= 4 is 16.9 Å². The van der Waals surface area contributed by atoms with Gasteiger partial charge in [-0.1, -0.05) is 60.7 Å². The Kier molecular flexibility index (Phi) is 7.61. The number of hydrogen-bond acceptors (Lipinski definition) is 7. The van der Waals surface area contributed by atoms with Crippen molar-refractivity contribution in [3.05, 3.63) is 89.9 Å². The van der Waals surface area contributed by atoms with E-state index in [0.717, 1.165) is 11.1 Å². The van der Waals surface area contributed by atoms with Gasteiger partial charge >= 0.3 is 0 Å². The Morgan fingerprint density at radius 2 is 1.64 bits per heavy atom. The topological polar surface area (TPSA) is 108 Å². The lowest BCUT2D eigenvalue weighted by Gasteiger charge is -2.19. The minimum atomic E-state index is -0.511. The standard InChI is InChI=1S/C25H25N5O3/c26-13-21-14-30(25-23(21)24(27)28-17-29-25)18-33-22(32-16-20-9-5-2-6-10-20)11-12-31-15-19-7-3-1-4-8-19/h1-10,14,17,22H,11-12,15-16,18H2,(H2,27,28,29). The Labute approximate surface area is 192 Å². The lowest BCUT2D eigenvalue weighted by atomic mass is 10.2. The van der Waals surface area contributed by atoms with Gasteiger partial charge in [0.2, 0.25) is 0 Å². The van der Waals surface area contributed by atoms with Crippen LogP contribution in [0.2, 0.25) is 0 Å². The maximum absolute atomic E-state index is 9.44. The highest BCUT2D eigenvalue weighted by atomic mass is 16.7. The van der Waals surface area contributed by atoms with Crippen LogP contribution in [0.1, 0.15) is 23.1 Å². The number of nitrogen functional groups attached to an aromatic ring is 1. The third-order valence-electron chi connectivity index (χ3n) is 5.09. The lowest BCUT2D eigenvalue weighted by Crippen LogP contribution is -2.21. The van der Waals surface area contributed by atoms with Crippen molar-refractivity contribution in [3.63, 3.8) is 0 Å². The summed E-state index contributed by atoms with van der Waals surface area (Å²) in [7, 11) is 0. The van der Waals surface area contributed by atoms with Crippen LogP contribution in [-0.4, -0.2) is 27.4 Å². The van der Waals surface area contributed by atoms with Crippen LogP contribution in [0.4, 0.5) is 5.82 Å². The van der Waals surface area contributed by atoms with Gasteiger partial charge in [0.1, 0.15) is 30.6 Å². The summed E-state index contributed by atoms with van der Waals surface area (Å²) in [4.78, 5) is 8.25. The molecule has 0 radical (unpaired) electrons. The number of benzene rings is 2. The molecule has 2 heterocycles. The molecule has 0 amide bonds. The van der Waals surface area contributed by atoms with E-state index >= 15 is 0 Å². The average molecular weight is 444 g/mol. The number of rotatable bonds is 11. The molecular formula is C25H25N5O3. The molecule has 0 bridgehead atoms. The molecule has 4 aromatic rings. The first-order valence-electron chi connectivity index (χ1n) is 10.6. The first-order chi connectivity index (χ1) is 16.2. The van der Waals surface area contributed by atoms with Gasteiger partial charge in [0, 0.05) is 12.6 Å². The second-order valence-corrected chi connectivity index (χ2v) is 7.43. The number of fused-ring (bicyclic) bond motifs is 1. The van der Waals surface area contributed by atoms with Crippen LogP contribution in [0.25, 0.3) is 11.0 Å². The molecule has 0 aliphatic carbocycles. The van der Waals surface area contributed by atoms with Gasteiger partial charge in [0.05, 0.1) is 30.8 Å². The smallest absolute Gasteiger partial charge is 0.162 e. The summed E-state index contributed by atoms with van der Waals surface area (Å²) in [6.07, 6.45) is 3.07. The van der Waals surface area contributed by atoms with Gasteiger partial charge in [-0.25, -0.2) is 9.97 Å². The van der Waals surface area contributed by atoms with Gasteiger partial charge < -0.3 is 24.5 Å². The fourth-order valence-electron chi connectivity index (χ4n) is 3.42. The van der Waals surface area contributed by atoms with Gasteiger partial charge in [-0.15, -0.1) is 0 Å². The van der Waals surface area contributed by atoms with Crippen LogP contribution in [0.3, 0.4) is 0 Å². The minimum Gasteiger partial charge on any atom is -0.383 e. The summed E-state index contributed by atoms with van der Waals surface area (Å²) in [5.41, 5.74) is 9.05. The Morgan fingerprint density at radius 3 is 2.33 bits per heavy atom. The second-order valence-electron chi connectivity index (χ2n) is 7.43. The van der Waals surface area contributed by atoms with E-state index < -0.39 is 6.29 Å². The molecule has 2 aromatic carbocycles. The average Bonchev–Trinajstić information content (AvgIpc) is 3.23. The SMILES string of the molecule is N#Cc1cn(COC(CCOCc2ccccc2)OCc2ccccc2)c2ncnc(N)c12. The summed E-state index contributed by atoms with van der Waals surface area (Å²) in [5.74, 6) is 0.265. The molecule has 2 N–H and O–H groups in total. The summed E-state index contributed by atoms with van der Waals surface area (Å²) >= 11 is 0. The second kappa shape index (κ2) is 11.2. The van der Waals surface area contributed by atoms with Gasteiger partial charge in [-0.2, -0.15) is 5.26 Å². The van der Waals surface area contributed by atoms with Crippen LogP contribution >= 0.6 is 0 Å². The van der Waals surface area contributed by atoms with E-state index in [0.29, 0.717) is 42.8 Å². The maximum Gasteiger partial charge on any atom is 0.162 e. The van der Waals surface area contributed by atoms with Gasteiger partial charge in [-0.05, 0) is 11.1 Å². The zero-order valence-electron chi connectivity index (χ0n) is 18.1. The molecule has 0 aliphatic heterocycles. The van der Waals surface area contributed by atoms with Gasteiger partial charge in [-0.3, -0.25) is 0 Å². The highest BCUT2D eigenvalue weighted by Gasteiger charge is 2.16. The monoisotopic (exact) mass is 443 g/mol. The van der Waals surface area contributed by atoms with E-state index in [-0.39, 0.29) is 12.5 Å². The van der Waals surface area contributed by atoms with E-state index in [2.05, 4.69) is 16.0 Å². The van der Waals surface area contributed by atoms with Crippen molar-refractivity contribution < 1.29 is 14.2 Å². The van der Waals surface area contributed by atoms with Crippen molar-refractivity contribution in [3.8, 4) is 6.07 Å². The summed E-state index contributed by atoms with van der Waals surface area (Å²) in [5, 5.41) is 9.97. The fourth-order valence-corrected chi connectivity index (χ4v) is 3.42. The van der Waals surface area contributed by atoms with Crippen LogP contribution in [-0.2, 0) is 34.2 Å². The first-order valence-corrected chi connectivity index (χ1v) is 10.6. The molecule has 8 heteroatoms. The lowest BCUT2D eigenvalue weighted by molar-refractivity contribution is -0.178. The van der Waals surface area contributed by atoms with Crippen LogP contribution in [0, 0.1) is 11.3 Å². The third kappa shape index (κ3) is 5.93. The zero-order chi connectivity index (χ0) is 22.9. The van der Waals surface area contributed by atoms with Crippen molar-refractivity contribution in [2.24, 2.45) is 0 Å². The quantitative estimate of drug-likeness (QED) is 0.276. The molecule has 33 heavy (non-hydrogen) atoms. The number of nitrogens with zero attached hydrogens (tertiary/aromatic N) is 4. The van der Waals surface area contributed by atoms with Crippen LogP contribution in [0.5, 0.6) is 0 Å². The highest BCUT2D eigenvalue weighted by molar-refractivity contribution is 5.91. The molecule has 0 aliphatic rings. The molecule has 1 atom stereocenters. The normalized spacial score (nSPS) is 12.0. The van der Waals surface area contributed by atoms with E-state index in [1.165, 1.54) is 6.33 Å². The number of hydrogen-bond donors (Lipinski definition) is 1. The van der Waals surface area contributed by atoms with Gasteiger partial charge in [0.15, 0.2) is 6.29 Å². The van der Waals surface area contributed by atoms with E-state index in [1.54, 1.807) is 10.8 Å². The van der Waals surface area contributed by atoms with Gasteiger partial charge in [0.25, 0.3) is 0 Å². The molecule has 0 saturated carbocycles. The van der Waals surface area contributed by atoms with Crippen molar-refractivity contribution in [1.29, 1.82) is 5.26 Å². The predicted molar refractivity (Wildman–Crippen MR) is 123 cm³/mol. The Bertz CT molecular complexity index is 1210. The first kappa shape index (κ1) is 22.4. The number of aromatic nitrogens is 3. The van der Waals surface area contributed by atoms with E-state index in [1.807, 2.05) is 60.7 Å². The summed E-state index contributed by atoms with van der Waals surface area (Å²) < 4.78 is 19.6. The number of ether oxygens (including phenoxy) is 3. The maximum atomic E-state index is 9.44. The summed E-state index contributed by atoms with van der Waals surface area (Å²) in [6, 6.07) is 22.0. The minimum absolute atomic E-state index is 0.146. The van der Waals surface area contributed by atoms with Crippen LogP contribution in [0.15, 0.2) is 73.2 Å². The largest absolute Gasteiger partial charge is 0.383 e. The molecule has 168 valence electrons. The number of nitriles is 1. The summed E-state index contributed by atoms with van der Waals surface area (Å²) in [6.45, 7) is 1.55. The highest BCUT2D eigenvalue weighted by Crippen LogP contribution is 2.23. The number of anilines is 1. The molecular weight excluding hydrogens is 418 g/mol. The Hall–Kier alpha value is -3.77. The van der Waals surface area contributed by atoms with Crippen molar-refractivity contribution in [2.45, 2.75) is 32.7 Å². The molecule has 0 saturated heterocycles. The van der Waals surface area contributed by atoms with E-state index in [9.17, 15) is 5.26 Å². The third-order valence-corrected chi connectivity index (χ3v) is 5.09.